The number of alkyl halides is 6. The number of carbonyl (C=O) groups excluding carboxylic acids is 1. The molecular formula is C27H19F6NO2. The Labute approximate surface area is 202 Å². The normalized spacial score (nSPS) is 12.4. The quantitative estimate of drug-likeness (QED) is 0.282. The maximum absolute atomic E-state index is 13.6. The first-order valence-corrected chi connectivity index (χ1v) is 10.7. The molecule has 0 radical (unpaired) electrons. The van der Waals surface area contributed by atoms with Crippen LogP contribution in [0.3, 0.4) is 0 Å². The highest BCUT2D eigenvalue weighted by atomic mass is 19.4. The van der Waals surface area contributed by atoms with Crippen molar-refractivity contribution >= 4 is 5.91 Å². The monoisotopic (exact) mass is 503 g/mol. The highest BCUT2D eigenvalue weighted by Gasteiger charge is 2.41. The summed E-state index contributed by atoms with van der Waals surface area (Å²) >= 11 is 0. The number of hydrogen-bond donors (Lipinski definition) is 1. The second-order valence-electron chi connectivity index (χ2n) is 8.16. The van der Waals surface area contributed by atoms with Gasteiger partial charge in [-0.3, -0.25) is 4.79 Å². The molecule has 0 aliphatic heterocycles. The molecule has 1 N–H and O–H groups in total. The Balaban J connectivity index is 1.99. The molecule has 186 valence electrons. The molecule has 0 spiro atoms. The van der Waals surface area contributed by atoms with E-state index in [9.17, 15) is 31.1 Å². The van der Waals surface area contributed by atoms with E-state index in [1.807, 2.05) is 0 Å². The summed E-state index contributed by atoms with van der Waals surface area (Å²) in [6.07, 6.45) is -8.33. The van der Waals surface area contributed by atoms with Crippen LogP contribution >= 0.6 is 0 Å². The van der Waals surface area contributed by atoms with Gasteiger partial charge in [0.25, 0.3) is 5.91 Å². The van der Waals surface area contributed by atoms with E-state index in [1.54, 1.807) is 30.3 Å². The zero-order valence-electron chi connectivity index (χ0n) is 18.5. The van der Waals surface area contributed by atoms with Crippen molar-refractivity contribution in [1.82, 2.24) is 5.32 Å². The lowest BCUT2D eigenvalue weighted by Crippen LogP contribution is -2.48. The molecular weight excluding hydrogens is 484 g/mol. The molecule has 36 heavy (non-hydrogen) atoms. The van der Waals surface area contributed by atoms with Crippen molar-refractivity contribution in [2.45, 2.75) is 24.3 Å². The van der Waals surface area contributed by atoms with Crippen molar-refractivity contribution in [3.63, 3.8) is 0 Å². The molecule has 3 aromatic carbocycles. The van der Waals surface area contributed by atoms with Crippen molar-refractivity contribution in [2.24, 2.45) is 0 Å². The van der Waals surface area contributed by atoms with Crippen LogP contribution < -0.4 is 5.32 Å². The van der Waals surface area contributed by atoms with Crippen molar-refractivity contribution < 1.29 is 35.6 Å². The van der Waals surface area contributed by atoms with Gasteiger partial charge in [-0.25, -0.2) is 0 Å². The summed E-state index contributed by atoms with van der Waals surface area (Å²) in [5.74, 6) is -0.947. The third-order valence-corrected chi connectivity index (χ3v) is 5.75. The Kier molecular flexibility index (Phi) is 6.67. The van der Waals surface area contributed by atoms with Gasteiger partial charge in [0.2, 0.25) is 0 Å². The Hall–Kier alpha value is -4.01. The van der Waals surface area contributed by atoms with E-state index in [-0.39, 0.29) is 23.3 Å². The molecule has 0 aliphatic rings. The Morgan fingerprint density at radius 3 is 1.67 bits per heavy atom. The third-order valence-electron chi connectivity index (χ3n) is 5.75. The average molecular weight is 503 g/mol. The minimum atomic E-state index is -4.71. The van der Waals surface area contributed by atoms with E-state index in [2.05, 4.69) is 5.32 Å². The number of rotatable bonds is 6. The van der Waals surface area contributed by atoms with Crippen LogP contribution in [-0.4, -0.2) is 5.91 Å². The Bertz CT molecular complexity index is 1270. The lowest BCUT2D eigenvalue weighted by atomic mass is 9.76. The largest absolute Gasteiger partial charge is 0.459 e. The summed E-state index contributed by atoms with van der Waals surface area (Å²) in [7, 11) is 0. The van der Waals surface area contributed by atoms with Crippen LogP contribution in [0, 0.1) is 0 Å². The van der Waals surface area contributed by atoms with Crippen molar-refractivity contribution in [3.05, 3.63) is 131 Å². The number of carbonyl (C=O) groups is 1. The first kappa shape index (κ1) is 25.1. The molecule has 1 amide bonds. The number of halogens is 6. The van der Waals surface area contributed by atoms with Crippen LogP contribution in [0.5, 0.6) is 0 Å². The van der Waals surface area contributed by atoms with Crippen LogP contribution in [0.4, 0.5) is 26.3 Å². The smallest absolute Gasteiger partial charge is 0.416 e. The molecule has 0 bridgehead atoms. The fourth-order valence-electron chi connectivity index (χ4n) is 4.05. The van der Waals surface area contributed by atoms with E-state index >= 15 is 0 Å². The number of nitrogens with one attached hydrogen (secondary N) is 1. The molecule has 0 atom stereocenters. The molecule has 9 heteroatoms. The van der Waals surface area contributed by atoms with E-state index in [4.69, 9.17) is 4.42 Å². The fourth-order valence-corrected chi connectivity index (χ4v) is 4.05. The maximum Gasteiger partial charge on any atom is 0.416 e. The lowest BCUT2D eigenvalue weighted by Gasteiger charge is -2.37. The van der Waals surface area contributed by atoms with Gasteiger partial charge in [-0.15, -0.1) is 0 Å². The summed E-state index contributed by atoms with van der Waals surface area (Å²) in [6.45, 7) is 0. The van der Waals surface area contributed by atoms with Crippen LogP contribution in [-0.2, 0) is 24.3 Å². The highest BCUT2D eigenvalue weighted by molar-refractivity contribution is 5.92. The van der Waals surface area contributed by atoms with Gasteiger partial charge in [0.1, 0.15) is 0 Å². The molecule has 4 aromatic rings. The van der Waals surface area contributed by atoms with Crippen LogP contribution in [0.25, 0.3) is 0 Å². The summed E-state index contributed by atoms with van der Waals surface area (Å²) in [5, 5.41) is 2.70. The number of hydrogen-bond acceptors (Lipinski definition) is 2. The molecule has 0 aliphatic carbocycles. The minimum absolute atomic E-state index is 0.0413. The van der Waals surface area contributed by atoms with E-state index in [0.717, 1.165) is 36.4 Å². The molecule has 0 saturated heterocycles. The second kappa shape index (κ2) is 9.56. The van der Waals surface area contributed by atoms with Crippen molar-refractivity contribution in [3.8, 4) is 0 Å². The van der Waals surface area contributed by atoms with Crippen LogP contribution in [0.1, 0.15) is 38.4 Å². The van der Waals surface area contributed by atoms with E-state index in [1.165, 1.54) is 30.5 Å². The average Bonchev–Trinajstić information content (AvgIpc) is 3.39. The predicted octanol–water partition coefficient (Wildman–Crippen LogP) is 7.23. The number of furan rings is 1. The van der Waals surface area contributed by atoms with Gasteiger partial charge in [0, 0.05) is 6.42 Å². The van der Waals surface area contributed by atoms with Crippen molar-refractivity contribution in [2.75, 3.05) is 0 Å². The molecule has 1 heterocycles. The number of amides is 1. The standard InChI is InChI=1S/C27H19F6NO2/c28-26(29,30)21-11-4-9-19(15-21)25(17-18-7-2-1-3-8-18,34-24(35)23-13-6-14-36-23)20-10-5-12-22(16-20)27(31,32)33/h1-16H,17H2,(H,34,35). The van der Waals surface area contributed by atoms with Gasteiger partial charge < -0.3 is 9.73 Å². The first-order chi connectivity index (χ1) is 17.0. The van der Waals surface area contributed by atoms with Gasteiger partial charge >= 0.3 is 12.4 Å². The van der Waals surface area contributed by atoms with Crippen molar-refractivity contribution in [1.29, 1.82) is 0 Å². The highest BCUT2D eigenvalue weighted by Crippen LogP contribution is 2.40. The molecule has 0 saturated carbocycles. The molecule has 0 unspecified atom stereocenters. The fraction of sp³-hybridized carbons (Fsp3) is 0.148. The molecule has 4 rings (SSSR count). The third kappa shape index (κ3) is 5.30. The summed E-state index contributed by atoms with van der Waals surface area (Å²) in [4.78, 5) is 13.2. The molecule has 0 fully saturated rings. The summed E-state index contributed by atoms with van der Waals surface area (Å²) < 4.78 is 87.0. The zero-order chi connectivity index (χ0) is 26.0. The van der Waals surface area contributed by atoms with Gasteiger partial charge in [-0.2, -0.15) is 26.3 Å². The minimum Gasteiger partial charge on any atom is -0.459 e. The molecule has 1 aromatic heterocycles. The first-order valence-electron chi connectivity index (χ1n) is 10.7. The SMILES string of the molecule is O=C(NC(Cc1ccccc1)(c1cccc(C(F)(F)F)c1)c1cccc(C(F)(F)F)c1)c1ccco1. The van der Waals surface area contributed by atoms with Gasteiger partial charge in [-0.05, 0) is 53.1 Å². The zero-order valence-corrected chi connectivity index (χ0v) is 18.5. The Morgan fingerprint density at radius 1 is 0.667 bits per heavy atom. The van der Waals surface area contributed by atoms with Gasteiger partial charge in [0.15, 0.2) is 5.76 Å². The predicted molar refractivity (Wildman–Crippen MR) is 120 cm³/mol. The second-order valence-corrected chi connectivity index (χ2v) is 8.16. The van der Waals surface area contributed by atoms with Gasteiger partial charge in [-0.1, -0.05) is 54.6 Å². The van der Waals surface area contributed by atoms with E-state index in [0.29, 0.717) is 5.56 Å². The van der Waals surface area contributed by atoms with Gasteiger partial charge in [0.05, 0.1) is 22.9 Å². The topological polar surface area (TPSA) is 42.2 Å². The summed E-state index contributed by atoms with van der Waals surface area (Å²) in [6, 6.07) is 19.6. The Morgan fingerprint density at radius 2 is 1.19 bits per heavy atom. The van der Waals surface area contributed by atoms with Crippen LogP contribution in [0.2, 0.25) is 0 Å². The van der Waals surface area contributed by atoms with E-state index < -0.39 is 34.9 Å². The number of benzene rings is 3. The maximum atomic E-state index is 13.6. The van der Waals surface area contributed by atoms with Crippen LogP contribution in [0.15, 0.2) is 102 Å². The lowest BCUT2D eigenvalue weighted by molar-refractivity contribution is -0.138. The molecule has 3 nitrogen and oxygen atoms in total. The summed E-state index contributed by atoms with van der Waals surface area (Å²) in [5.41, 5.74) is -3.32.